The van der Waals surface area contributed by atoms with Crippen LogP contribution in [0, 0.1) is 5.82 Å². The maximum Gasteiger partial charge on any atom is 0.573 e. The molecule has 0 aliphatic carbocycles. The van der Waals surface area contributed by atoms with Crippen molar-refractivity contribution in [2.24, 2.45) is 0 Å². The van der Waals surface area contributed by atoms with Gasteiger partial charge >= 0.3 is 6.36 Å². The second kappa shape index (κ2) is 5.32. The highest BCUT2D eigenvalue weighted by atomic mass is 19.4. The maximum atomic E-state index is 13.9. The largest absolute Gasteiger partial charge is 0.573 e. The van der Waals surface area contributed by atoms with Crippen LogP contribution in [0.15, 0.2) is 48.5 Å². The third-order valence-electron chi connectivity index (χ3n) is 2.47. The summed E-state index contributed by atoms with van der Waals surface area (Å²) in [6.45, 7) is 0. The average molecular weight is 284 g/mol. The first-order valence-corrected chi connectivity index (χ1v) is 5.52. The fourth-order valence-electron chi connectivity index (χ4n) is 1.63. The van der Waals surface area contributed by atoms with Crippen LogP contribution in [0.5, 0.6) is 5.75 Å². The number of carbonyl (C=O) groups is 1. The lowest BCUT2D eigenvalue weighted by molar-refractivity contribution is -0.275. The van der Waals surface area contributed by atoms with Crippen LogP contribution >= 0.6 is 0 Å². The van der Waals surface area contributed by atoms with E-state index in [1.807, 2.05) is 0 Å². The van der Waals surface area contributed by atoms with Crippen molar-refractivity contribution in [2.75, 3.05) is 0 Å². The molecule has 6 heteroatoms. The van der Waals surface area contributed by atoms with Crippen LogP contribution in [0.2, 0.25) is 0 Å². The van der Waals surface area contributed by atoms with Crippen LogP contribution in [-0.4, -0.2) is 12.1 Å². The number of hydrogen-bond acceptors (Lipinski definition) is 2. The van der Waals surface area contributed by atoms with Gasteiger partial charge in [0.15, 0.2) is 17.3 Å². The number of halogens is 4. The van der Waals surface area contributed by atoms with E-state index in [9.17, 15) is 22.4 Å². The Kier molecular flexibility index (Phi) is 3.74. The van der Waals surface area contributed by atoms with Gasteiger partial charge in [-0.1, -0.05) is 36.4 Å². The fourth-order valence-corrected chi connectivity index (χ4v) is 1.63. The van der Waals surface area contributed by atoms with E-state index in [1.165, 1.54) is 12.1 Å². The zero-order valence-corrected chi connectivity index (χ0v) is 9.95. The molecule has 0 unspecified atom stereocenters. The summed E-state index contributed by atoms with van der Waals surface area (Å²) >= 11 is 0. The first kappa shape index (κ1) is 14.0. The summed E-state index contributed by atoms with van der Waals surface area (Å²) in [7, 11) is 0. The molecule has 20 heavy (non-hydrogen) atoms. The van der Waals surface area contributed by atoms with Crippen LogP contribution < -0.4 is 4.74 Å². The summed E-state index contributed by atoms with van der Waals surface area (Å²) < 4.78 is 53.7. The highest BCUT2D eigenvalue weighted by Crippen LogP contribution is 2.28. The number of rotatable bonds is 3. The molecule has 0 fully saturated rings. The van der Waals surface area contributed by atoms with Crippen molar-refractivity contribution in [3.63, 3.8) is 0 Å². The molecular formula is C14H8F4O2. The summed E-state index contributed by atoms with van der Waals surface area (Å²) in [5.74, 6) is -3.08. The van der Waals surface area contributed by atoms with Crippen molar-refractivity contribution >= 4 is 5.78 Å². The van der Waals surface area contributed by atoms with Gasteiger partial charge in [-0.25, -0.2) is 4.39 Å². The third kappa shape index (κ3) is 3.14. The number of ketones is 1. The molecular weight excluding hydrogens is 276 g/mol. The molecule has 0 radical (unpaired) electrons. The zero-order valence-electron chi connectivity index (χ0n) is 9.95. The van der Waals surface area contributed by atoms with Crippen LogP contribution in [0.25, 0.3) is 0 Å². The normalized spacial score (nSPS) is 11.2. The van der Waals surface area contributed by atoms with Crippen molar-refractivity contribution in [1.29, 1.82) is 0 Å². The standard InChI is InChI=1S/C14H8F4O2/c15-12-10(13(19)9-5-2-1-3-6-9)7-4-8-11(12)20-14(16,17)18/h1-8H. The lowest BCUT2D eigenvalue weighted by Gasteiger charge is -2.11. The summed E-state index contributed by atoms with van der Waals surface area (Å²) in [5.41, 5.74) is -0.298. The smallest absolute Gasteiger partial charge is 0.403 e. The number of hydrogen-bond donors (Lipinski definition) is 0. The molecule has 0 aliphatic heterocycles. The van der Waals surface area contributed by atoms with E-state index in [0.29, 0.717) is 0 Å². The van der Waals surface area contributed by atoms with Crippen LogP contribution in [-0.2, 0) is 0 Å². The molecule has 2 aromatic carbocycles. The highest BCUT2D eigenvalue weighted by molar-refractivity contribution is 6.09. The minimum Gasteiger partial charge on any atom is -0.403 e. The van der Waals surface area contributed by atoms with Gasteiger partial charge in [0.1, 0.15) is 0 Å². The number of ether oxygens (including phenoxy) is 1. The van der Waals surface area contributed by atoms with Crippen molar-refractivity contribution in [2.45, 2.75) is 6.36 Å². The van der Waals surface area contributed by atoms with Crippen molar-refractivity contribution in [3.8, 4) is 5.75 Å². The molecule has 0 heterocycles. The number of alkyl halides is 3. The van der Waals surface area contributed by atoms with E-state index >= 15 is 0 Å². The SMILES string of the molecule is O=C(c1ccccc1)c1cccc(OC(F)(F)F)c1F. The molecule has 0 atom stereocenters. The van der Waals surface area contributed by atoms with E-state index < -0.39 is 29.3 Å². The lowest BCUT2D eigenvalue weighted by Crippen LogP contribution is -2.18. The van der Waals surface area contributed by atoms with E-state index in [4.69, 9.17) is 0 Å². The minimum atomic E-state index is -5.02. The zero-order chi connectivity index (χ0) is 14.8. The van der Waals surface area contributed by atoms with E-state index in [-0.39, 0.29) is 5.56 Å². The first-order valence-electron chi connectivity index (χ1n) is 5.52. The van der Waals surface area contributed by atoms with Crippen molar-refractivity contribution in [3.05, 3.63) is 65.5 Å². The Labute approximate surface area is 111 Å². The van der Waals surface area contributed by atoms with Gasteiger partial charge in [-0.15, -0.1) is 13.2 Å². The maximum absolute atomic E-state index is 13.9. The van der Waals surface area contributed by atoms with Crippen molar-refractivity contribution in [1.82, 2.24) is 0 Å². The molecule has 0 bridgehead atoms. The number of benzene rings is 2. The molecule has 0 amide bonds. The molecule has 0 saturated heterocycles. The second-order valence-corrected chi connectivity index (χ2v) is 3.86. The predicted molar refractivity (Wildman–Crippen MR) is 63.0 cm³/mol. The Hall–Kier alpha value is -2.37. The van der Waals surface area contributed by atoms with Crippen LogP contribution in [0.1, 0.15) is 15.9 Å². The Balaban J connectivity index is 2.39. The highest BCUT2D eigenvalue weighted by Gasteiger charge is 2.33. The van der Waals surface area contributed by atoms with Gasteiger partial charge in [0.05, 0.1) is 5.56 Å². The summed E-state index contributed by atoms with van der Waals surface area (Å²) in [4.78, 5) is 12.0. The van der Waals surface area contributed by atoms with Crippen molar-refractivity contribution < 1.29 is 27.1 Å². The van der Waals surface area contributed by atoms with Crippen LogP contribution in [0.3, 0.4) is 0 Å². The first-order chi connectivity index (χ1) is 9.38. The molecule has 2 aromatic rings. The molecule has 0 N–H and O–H groups in total. The average Bonchev–Trinajstić information content (AvgIpc) is 2.40. The molecule has 0 aliphatic rings. The molecule has 0 spiro atoms. The van der Waals surface area contributed by atoms with Gasteiger partial charge in [0, 0.05) is 5.56 Å². The van der Waals surface area contributed by atoms with Crippen LogP contribution in [0.4, 0.5) is 17.6 Å². The van der Waals surface area contributed by atoms with Gasteiger partial charge in [-0.3, -0.25) is 4.79 Å². The van der Waals surface area contributed by atoms with E-state index in [0.717, 1.165) is 18.2 Å². The quantitative estimate of drug-likeness (QED) is 0.630. The molecule has 2 rings (SSSR count). The van der Waals surface area contributed by atoms with Gasteiger partial charge in [-0.05, 0) is 12.1 Å². The van der Waals surface area contributed by atoms with Gasteiger partial charge < -0.3 is 4.74 Å². The van der Waals surface area contributed by atoms with E-state index in [1.54, 1.807) is 18.2 Å². The Morgan fingerprint density at radius 1 is 0.950 bits per heavy atom. The molecule has 2 nitrogen and oxygen atoms in total. The summed E-state index contributed by atoms with van der Waals surface area (Å²) in [5, 5.41) is 0. The third-order valence-corrected chi connectivity index (χ3v) is 2.47. The van der Waals surface area contributed by atoms with E-state index in [2.05, 4.69) is 4.74 Å². The fraction of sp³-hybridized carbons (Fsp3) is 0.0714. The Morgan fingerprint density at radius 3 is 2.20 bits per heavy atom. The van der Waals surface area contributed by atoms with Gasteiger partial charge in [-0.2, -0.15) is 0 Å². The topological polar surface area (TPSA) is 26.3 Å². The monoisotopic (exact) mass is 284 g/mol. The molecule has 104 valence electrons. The summed E-state index contributed by atoms with van der Waals surface area (Å²) in [6.07, 6.45) is -5.02. The molecule has 0 aromatic heterocycles. The second-order valence-electron chi connectivity index (χ2n) is 3.86. The Bertz CT molecular complexity index is 621. The summed E-state index contributed by atoms with van der Waals surface area (Å²) in [6, 6.07) is 10.7. The predicted octanol–water partition coefficient (Wildman–Crippen LogP) is 3.96. The Morgan fingerprint density at radius 2 is 1.60 bits per heavy atom. The lowest BCUT2D eigenvalue weighted by atomic mass is 10.0. The minimum absolute atomic E-state index is 0.176. The van der Waals surface area contributed by atoms with Gasteiger partial charge in [0.25, 0.3) is 0 Å². The van der Waals surface area contributed by atoms with Gasteiger partial charge in [0.2, 0.25) is 0 Å². The number of carbonyl (C=O) groups excluding carboxylic acids is 1. The molecule has 0 saturated carbocycles.